The third kappa shape index (κ3) is 5.19. The zero-order valence-electron chi connectivity index (χ0n) is 18.5. The number of nitrogens with zero attached hydrogens (tertiary/aromatic N) is 2. The van der Waals surface area contributed by atoms with Gasteiger partial charge in [-0.2, -0.15) is 4.31 Å². The summed E-state index contributed by atoms with van der Waals surface area (Å²) < 4.78 is 32.4. The highest BCUT2D eigenvalue weighted by Crippen LogP contribution is 2.28. The van der Waals surface area contributed by atoms with Crippen LogP contribution in [0.1, 0.15) is 45.2 Å². The predicted octanol–water partition coefficient (Wildman–Crippen LogP) is 1.62. The molecule has 1 aliphatic heterocycles. The van der Waals surface area contributed by atoms with Crippen molar-refractivity contribution in [3.63, 3.8) is 0 Å². The standard InChI is InChI=1S/C21H32N2O6S/c1-13(2)23(14(3)4)20(25)12-29-21(26)19-10-17(24)11-22(19)30(27,28)18-8-7-15(5)16(6)9-18/h7-9,13-14,17,19,24H,10-12H2,1-6H3. The van der Waals surface area contributed by atoms with Gasteiger partial charge in [0.2, 0.25) is 10.0 Å². The number of hydrogen-bond acceptors (Lipinski definition) is 6. The van der Waals surface area contributed by atoms with Gasteiger partial charge in [0.1, 0.15) is 6.04 Å². The molecule has 1 fully saturated rings. The van der Waals surface area contributed by atoms with E-state index in [4.69, 9.17) is 4.74 Å². The van der Waals surface area contributed by atoms with Gasteiger partial charge in [-0.05, 0) is 64.8 Å². The van der Waals surface area contributed by atoms with Crippen molar-refractivity contribution in [1.82, 2.24) is 9.21 Å². The number of ether oxygens (including phenoxy) is 1. The summed E-state index contributed by atoms with van der Waals surface area (Å²) in [6.07, 6.45) is -1.06. The molecule has 1 amide bonds. The van der Waals surface area contributed by atoms with Crippen LogP contribution in [-0.2, 0) is 24.3 Å². The molecular weight excluding hydrogens is 408 g/mol. The van der Waals surface area contributed by atoms with Crippen molar-refractivity contribution >= 4 is 21.9 Å². The first-order chi connectivity index (χ1) is 13.9. The molecule has 2 rings (SSSR count). The number of benzene rings is 1. The van der Waals surface area contributed by atoms with Gasteiger partial charge in [-0.25, -0.2) is 8.42 Å². The maximum absolute atomic E-state index is 13.1. The van der Waals surface area contributed by atoms with E-state index in [9.17, 15) is 23.1 Å². The number of aliphatic hydroxyl groups excluding tert-OH is 1. The fourth-order valence-corrected chi connectivity index (χ4v) is 5.46. The van der Waals surface area contributed by atoms with Crippen molar-refractivity contribution in [2.45, 2.75) is 77.1 Å². The Balaban J connectivity index is 2.18. The zero-order valence-corrected chi connectivity index (χ0v) is 19.3. The Hall–Kier alpha value is -1.97. The summed E-state index contributed by atoms with van der Waals surface area (Å²) in [4.78, 5) is 26.8. The maximum atomic E-state index is 13.1. The zero-order chi connectivity index (χ0) is 22.8. The minimum absolute atomic E-state index is 0.0550. The molecule has 9 heteroatoms. The van der Waals surface area contributed by atoms with Gasteiger partial charge >= 0.3 is 5.97 Å². The second-order valence-electron chi connectivity index (χ2n) is 8.32. The van der Waals surface area contributed by atoms with Gasteiger partial charge < -0.3 is 14.7 Å². The highest BCUT2D eigenvalue weighted by Gasteiger charge is 2.44. The number of sulfonamides is 1. The molecule has 0 aliphatic carbocycles. The van der Waals surface area contributed by atoms with E-state index in [0.29, 0.717) is 0 Å². The van der Waals surface area contributed by atoms with Gasteiger partial charge in [-0.1, -0.05) is 6.07 Å². The number of carbonyl (C=O) groups excluding carboxylic acids is 2. The molecule has 2 unspecified atom stereocenters. The lowest BCUT2D eigenvalue weighted by Gasteiger charge is -2.30. The van der Waals surface area contributed by atoms with Crippen LogP contribution in [0.15, 0.2) is 23.1 Å². The molecule has 1 saturated heterocycles. The largest absolute Gasteiger partial charge is 0.454 e. The molecule has 8 nitrogen and oxygen atoms in total. The van der Waals surface area contributed by atoms with Crippen LogP contribution in [0.4, 0.5) is 0 Å². The second kappa shape index (κ2) is 9.45. The number of carbonyl (C=O) groups is 2. The van der Waals surface area contributed by atoms with Gasteiger partial charge in [0.15, 0.2) is 6.61 Å². The highest BCUT2D eigenvalue weighted by atomic mass is 32.2. The molecule has 168 valence electrons. The minimum Gasteiger partial charge on any atom is -0.454 e. The van der Waals surface area contributed by atoms with Gasteiger partial charge in [0.25, 0.3) is 5.91 Å². The molecule has 1 aliphatic rings. The van der Waals surface area contributed by atoms with E-state index in [1.807, 2.05) is 34.6 Å². The Morgan fingerprint density at radius 1 is 1.17 bits per heavy atom. The van der Waals surface area contributed by atoms with Crippen LogP contribution in [0.5, 0.6) is 0 Å². The Labute approximate surface area is 178 Å². The van der Waals surface area contributed by atoms with E-state index < -0.39 is 34.7 Å². The molecule has 0 radical (unpaired) electrons. The summed E-state index contributed by atoms with van der Waals surface area (Å²) >= 11 is 0. The Morgan fingerprint density at radius 3 is 2.30 bits per heavy atom. The smallest absolute Gasteiger partial charge is 0.325 e. The van der Waals surface area contributed by atoms with Crippen molar-refractivity contribution in [2.24, 2.45) is 0 Å². The molecule has 30 heavy (non-hydrogen) atoms. The topological polar surface area (TPSA) is 104 Å². The Morgan fingerprint density at radius 2 is 1.77 bits per heavy atom. The lowest BCUT2D eigenvalue weighted by molar-refractivity contribution is -0.156. The van der Waals surface area contributed by atoms with E-state index >= 15 is 0 Å². The monoisotopic (exact) mass is 440 g/mol. The third-order valence-corrected chi connectivity index (χ3v) is 7.20. The third-order valence-electron chi connectivity index (χ3n) is 5.33. The molecule has 1 N–H and O–H groups in total. The SMILES string of the molecule is Cc1ccc(S(=O)(=O)N2CC(O)CC2C(=O)OCC(=O)N(C(C)C)C(C)C)cc1C. The second-order valence-corrected chi connectivity index (χ2v) is 10.2. The summed E-state index contributed by atoms with van der Waals surface area (Å²) in [6.45, 7) is 10.5. The van der Waals surface area contributed by atoms with Gasteiger partial charge in [0, 0.05) is 25.0 Å². The van der Waals surface area contributed by atoms with E-state index in [2.05, 4.69) is 0 Å². The Kier molecular flexibility index (Phi) is 7.65. The lowest BCUT2D eigenvalue weighted by Crippen LogP contribution is -2.46. The van der Waals surface area contributed by atoms with Crippen molar-refractivity contribution in [1.29, 1.82) is 0 Å². The average Bonchev–Trinajstić information content (AvgIpc) is 3.04. The lowest BCUT2D eigenvalue weighted by atomic mass is 10.1. The van der Waals surface area contributed by atoms with Crippen LogP contribution in [0.3, 0.4) is 0 Å². The molecular formula is C21H32N2O6S. The first-order valence-electron chi connectivity index (χ1n) is 10.1. The van der Waals surface area contributed by atoms with Gasteiger partial charge in [0.05, 0.1) is 11.0 Å². The molecule has 0 bridgehead atoms. The molecule has 2 atom stereocenters. The number of β-amino-alcohol motifs (C(OH)–C–C–N with tert-alkyl or cyclic N) is 1. The summed E-state index contributed by atoms with van der Waals surface area (Å²) in [7, 11) is -4.01. The average molecular weight is 441 g/mol. The number of hydrogen-bond donors (Lipinski definition) is 1. The number of aryl methyl sites for hydroxylation is 2. The quantitative estimate of drug-likeness (QED) is 0.646. The van der Waals surface area contributed by atoms with Crippen LogP contribution < -0.4 is 0 Å². The van der Waals surface area contributed by atoms with E-state index in [0.717, 1.165) is 15.4 Å². The maximum Gasteiger partial charge on any atom is 0.325 e. The predicted molar refractivity (Wildman–Crippen MR) is 112 cm³/mol. The van der Waals surface area contributed by atoms with Crippen molar-refractivity contribution in [3.05, 3.63) is 29.3 Å². The number of esters is 1. The fourth-order valence-electron chi connectivity index (χ4n) is 3.75. The van der Waals surface area contributed by atoms with E-state index in [-0.39, 0.29) is 35.9 Å². The number of amides is 1. The molecule has 0 saturated carbocycles. The summed E-state index contributed by atoms with van der Waals surface area (Å²) in [6, 6.07) is 3.43. The van der Waals surface area contributed by atoms with Crippen molar-refractivity contribution < 1.29 is 27.9 Å². The molecule has 0 aromatic heterocycles. The molecule has 1 aromatic rings. The van der Waals surface area contributed by atoms with Gasteiger partial charge in [-0.3, -0.25) is 9.59 Å². The van der Waals surface area contributed by atoms with Crippen molar-refractivity contribution in [3.8, 4) is 0 Å². The van der Waals surface area contributed by atoms with Crippen LogP contribution >= 0.6 is 0 Å². The first-order valence-corrected chi connectivity index (χ1v) is 11.5. The van der Waals surface area contributed by atoms with E-state index in [1.165, 1.54) is 6.07 Å². The van der Waals surface area contributed by atoms with Crippen LogP contribution in [0, 0.1) is 13.8 Å². The normalized spacial score (nSPS) is 20.0. The van der Waals surface area contributed by atoms with Crippen LogP contribution in [0.25, 0.3) is 0 Å². The summed E-state index contributed by atoms with van der Waals surface area (Å²) in [5, 5.41) is 10.0. The minimum atomic E-state index is -4.01. The molecule has 1 aromatic carbocycles. The molecule has 0 spiro atoms. The first kappa shape index (κ1) is 24.3. The van der Waals surface area contributed by atoms with Crippen LogP contribution in [-0.4, -0.2) is 72.0 Å². The Bertz CT molecular complexity index is 889. The van der Waals surface area contributed by atoms with E-state index in [1.54, 1.807) is 24.0 Å². The number of aliphatic hydroxyl groups is 1. The highest BCUT2D eigenvalue weighted by molar-refractivity contribution is 7.89. The van der Waals surface area contributed by atoms with Crippen molar-refractivity contribution in [2.75, 3.05) is 13.2 Å². The molecule has 1 heterocycles. The summed E-state index contributed by atoms with van der Waals surface area (Å²) in [5.74, 6) is -1.18. The summed E-state index contributed by atoms with van der Waals surface area (Å²) in [5.41, 5.74) is 1.76. The fraction of sp³-hybridized carbons (Fsp3) is 0.619. The van der Waals surface area contributed by atoms with Crippen LogP contribution in [0.2, 0.25) is 0 Å². The van der Waals surface area contributed by atoms with Gasteiger partial charge in [-0.15, -0.1) is 0 Å². The number of rotatable bonds is 7.